The highest BCUT2D eigenvalue weighted by molar-refractivity contribution is 7.89. The summed E-state index contributed by atoms with van der Waals surface area (Å²) in [6.45, 7) is 2.71. The zero-order valence-electron chi connectivity index (χ0n) is 11.5. The molecule has 0 aliphatic heterocycles. The monoisotopic (exact) mass is 317 g/mol. The Morgan fingerprint density at radius 1 is 1.40 bits per heavy atom. The second kappa shape index (κ2) is 6.28. The van der Waals surface area contributed by atoms with Gasteiger partial charge in [-0.2, -0.15) is 0 Å². The van der Waals surface area contributed by atoms with Crippen molar-refractivity contribution in [3.05, 3.63) is 17.3 Å². The molecule has 0 atom stereocenters. The topological polar surface area (TPSA) is 85.1 Å². The second-order valence-corrected chi connectivity index (χ2v) is 7.69. The molecule has 112 valence electrons. The molecule has 7 heteroatoms. The van der Waals surface area contributed by atoms with Crippen molar-refractivity contribution in [2.45, 2.75) is 37.5 Å². The van der Waals surface area contributed by atoms with Crippen LogP contribution in [0.1, 0.15) is 32.6 Å². The van der Waals surface area contributed by atoms with E-state index in [0.717, 1.165) is 18.8 Å². The van der Waals surface area contributed by atoms with Gasteiger partial charge in [-0.25, -0.2) is 18.1 Å². The molecule has 1 saturated carbocycles. The molecule has 2 rings (SSSR count). The van der Waals surface area contributed by atoms with Gasteiger partial charge in [0, 0.05) is 12.7 Å². The molecule has 1 aromatic heterocycles. The van der Waals surface area contributed by atoms with Crippen molar-refractivity contribution in [1.29, 1.82) is 0 Å². The fourth-order valence-corrected chi connectivity index (χ4v) is 3.74. The summed E-state index contributed by atoms with van der Waals surface area (Å²) in [5.74, 6) is 1.30. The molecule has 1 fully saturated rings. The maximum absolute atomic E-state index is 12.2. The van der Waals surface area contributed by atoms with Crippen molar-refractivity contribution in [2.24, 2.45) is 11.8 Å². The van der Waals surface area contributed by atoms with Crippen LogP contribution in [0.15, 0.2) is 17.2 Å². The zero-order valence-corrected chi connectivity index (χ0v) is 13.0. The first kappa shape index (κ1) is 15.5. The average molecular weight is 318 g/mol. The number of nitrogens with zero attached hydrogens (tertiary/aromatic N) is 1. The lowest BCUT2D eigenvalue weighted by atomic mass is 9.83. The van der Waals surface area contributed by atoms with Gasteiger partial charge in [-0.1, -0.05) is 31.4 Å². The number of nitrogen functional groups attached to an aromatic ring is 1. The van der Waals surface area contributed by atoms with Crippen LogP contribution >= 0.6 is 11.6 Å². The molecule has 1 aliphatic rings. The molecule has 0 radical (unpaired) electrons. The first-order chi connectivity index (χ1) is 9.38. The van der Waals surface area contributed by atoms with E-state index in [1.165, 1.54) is 25.1 Å². The molecule has 1 aliphatic carbocycles. The highest BCUT2D eigenvalue weighted by Gasteiger charge is 2.21. The third-order valence-corrected chi connectivity index (χ3v) is 5.55. The standard InChI is InChI=1S/C13H20ClN3O2S/c1-9-2-4-10(5-3-9)7-17-20(18,19)11-6-12(14)13(15)16-8-11/h6,8-10,17H,2-5,7H2,1H3,(H2,15,16). The van der Waals surface area contributed by atoms with Crippen molar-refractivity contribution < 1.29 is 8.42 Å². The van der Waals surface area contributed by atoms with Crippen LogP contribution in [0, 0.1) is 11.8 Å². The largest absolute Gasteiger partial charge is 0.382 e. The van der Waals surface area contributed by atoms with Crippen LogP contribution in [0.25, 0.3) is 0 Å². The van der Waals surface area contributed by atoms with Crippen LogP contribution in [0.4, 0.5) is 5.82 Å². The molecule has 0 aromatic carbocycles. The van der Waals surface area contributed by atoms with Crippen LogP contribution in [0.5, 0.6) is 0 Å². The number of rotatable bonds is 4. The lowest BCUT2D eigenvalue weighted by molar-refractivity contribution is 0.290. The Balaban J connectivity index is 1.98. The Morgan fingerprint density at radius 2 is 2.05 bits per heavy atom. The molecule has 5 nitrogen and oxygen atoms in total. The van der Waals surface area contributed by atoms with Gasteiger partial charge in [-0.05, 0) is 30.7 Å². The SMILES string of the molecule is CC1CCC(CNS(=O)(=O)c2cnc(N)c(Cl)c2)CC1. The molecule has 1 heterocycles. The van der Waals surface area contributed by atoms with Crippen LogP contribution in [-0.2, 0) is 10.0 Å². The van der Waals surface area contributed by atoms with Crippen LogP contribution in [-0.4, -0.2) is 19.9 Å². The van der Waals surface area contributed by atoms with E-state index in [0.29, 0.717) is 12.5 Å². The third-order valence-electron chi connectivity index (χ3n) is 3.85. The predicted octanol–water partition coefficient (Wildman–Crippen LogP) is 2.42. The summed E-state index contributed by atoms with van der Waals surface area (Å²) < 4.78 is 26.9. The van der Waals surface area contributed by atoms with Crippen molar-refractivity contribution in [3.63, 3.8) is 0 Å². The summed E-state index contributed by atoms with van der Waals surface area (Å²) in [5, 5.41) is 0.152. The maximum atomic E-state index is 12.2. The summed E-state index contributed by atoms with van der Waals surface area (Å²) >= 11 is 5.81. The molecule has 0 spiro atoms. The smallest absolute Gasteiger partial charge is 0.242 e. The highest BCUT2D eigenvalue weighted by atomic mass is 35.5. The summed E-state index contributed by atoms with van der Waals surface area (Å²) in [5.41, 5.74) is 5.48. The van der Waals surface area contributed by atoms with E-state index in [9.17, 15) is 8.42 Å². The van der Waals surface area contributed by atoms with Crippen LogP contribution < -0.4 is 10.5 Å². The van der Waals surface area contributed by atoms with Crippen LogP contribution in [0.2, 0.25) is 5.02 Å². The van der Waals surface area contributed by atoms with Gasteiger partial charge in [0.1, 0.15) is 10.7 Å². The first-order valence-electron chi connectivity index (χ1n) is 6.79. The minimum Gasteiger partial charge on any atom is -0.382 e. The minimum atomic E-state index is -3.56. The number of anilines is 1. The number of hydrogen-bond acceptors (Lipinski definition) is 4. The fourth-order valence-electron chi connectivity index (χ4n) is 2.42. The number of halogens is 1. The van der Waals surface area contributed by atoms with Crippen molar-refractivity contribution in [3.8, 4) is 0 Å². The van der Waals surface area contributed by atoms with Gasteiger partial charge in [-0.15, -0.1) is 0 Å². The molecular weight excluding hydrogens is 298 g/mol. The van der Waals surface area contributed by atoms with E-state index < -0.39 is 10.0 Å². The van der Waals surface area contributed by atoms with Gasteiger partial charge >= 0.3 is 0 Å². The molecule has 0 saturated heterocycles. The van der Waals surface area contributed by atoms with E-state index in [2.05, 4.69) is 16.6 Å². The molecular formula is C13H20ClN3O2S. The first-order valence-corrected chi connectivity index (χ1v) is 8.65. The summed E-state index contributed by atoms with van der Waals surface area (Å²) in [7, 11) is -3.56. The van der Waals surface area contributed by atoms with Gasteiger partial charge in [0.2, 0.25) is 10.0 Å². The van der Waals surface area contributed by atoms with E-state index in [1.807, 2.05) is 0 Å². The Bertz CT molecular complexity index is 569. The van der Waals surface area contributed by atoms with Crippen molar-refractivity contribution in [2.75, 3.05) is 12.3 Å². The van der Waals surface area contributed by atoms with Gasteiger partial charge in [0.25, 0.3) is 0 Å². The minimum absolute atomic E-state index is 0.0564. The van der Waals surface area contributed by atoms with Crippen molar-refractivity contribution in [1.82, 2.24) is 9.71 Å². The lowest BCUT2D eigenvalue weighted by Crippen LogP contribution is -2.31. The number of sulfonamides is 1. The number of hydrogen-bond donors (Lipinski definition) is 2. The Labute approximate surface area is 125 Å². The quantitative estimate of drug-likeness (QED) is 0.893. The normalized spacial score (nSPS) is 23.7. The van der Waals surface area contributed by atoms with Gasteiger partial charge in [0.15, 0.2) is 0 Å². The molecule has 0 amide bonds. The van der Waals surface area contributed by atoms with Gasteiger partial charge in [0.05, 0.1) is 5.02 Å². The number of pyridine rings is 1. The predicted molar refractivity (Wildman–Crippen MR) is 80.0 cm³/mol. The van der Waals surface area contributed by atoms with E-state index in [1.54, 1.807) is 0 Å². The van der Waals surface area contributed by atoms with E-state index in [-0.39, 0.29) is 15.7 Å². The number of nitrogens with one attached hydrogen (secondary N) is 1. The van der Waals surface area contributed by atoms with Gasteiger partial charge in [-0.3, -0.25) is 0 Å². The summed E-state index contributed by atoms with van der Waals surface area (Å²) in [6.07, 6.45) is 5.71. The maximum Gasteiger partial charge on any atom is 0.242 e. The van der Waals surface area contributed by atoms with Crippen molar-refractivity contribution >= 4 is 27.4 Å². The molecule has 20 heavy (non-hydrogen) atoms. The molecule has 0 bridgehead atoms. The zero-order chi connectivity index (χ0) is 14.8. The van der Waals surface area contributed by atoms with Crippen LogP contribution in [0.3, 0.4) is 0 Å². The Morgan fingerprint density at radius 3 is 2.65 bits per heavy atom. The third kappa shape index (κ3) is 3.84. The van der Waals surface area contributed by atoms with E-state index >= 15 is 0 Å². The summed E-state index contributed by atoms with van der Waals surface area (Å²) in [4.78, 5) is 3.83. The average Bonchev–Trinajstić information content (AvgIpc) is 2.41. The molecule has 3 N–H and O–H groups in total. The second-order valence-electron chi connectivity index (χ2n) is 5.52. The number of nitrogens with two attached hydrogens (primary N) is 1. The van der Waals surface area contributed by atoms with Gasteiger partial charge < -0.3 is 5.73 Å². The Kier molecular flexibility index (Phi) is 4.88. The lowest BCUT2D eigenvalue weighted by Gasteiger charge is -2.26. The summed E-state index contributed by atoms with van der Waals surface area (Å²) in [6, 6.07) is 1.33. The molecule has 0 unspecified atom stereocenters. The molecule has 1 aromatic rings. The highest BCUT2D eigenvalue weighted by Crippen LogP contribution is 2.28. The fraction of sp³-hybridized carbons (Fsp3) is 0.615. The van der Waals surface area contributed by atoms with E-state index in [4.69, 9.17) is 17.3 Å². The number of aromatic nitrogens is 1. The Hall–Kier alpha value is -0.850.